The maximum atomic E-state index is 12.3. The van der Waals surface area contributed by atoms with Gasteiger partial charge in [0.15, 0.2) is 0 Å². The summed E-state index contributed by atoms with van der Waals surface area (Å²) in [5, 5.41) is 0. The molecule has 0 heterocycles. The molecule has 0 aromatic carbocycles. The van der Waals surface area contributed by atoms with Crippen molar-refractivity contribution in [3.8, 4) is 0 Å². The van der Waals surface area contributed by atoms with Crippen LogP contribution in [-0.2, 0) is 4.79 Å². The molecule has 0 rings (SSSR count). The molecule has 0 aliphatic carbocycles. The zero-order valence-electron chi connectivity index (χ0n) is 12.5. The first-order valence-corrected chi connectivity index (χ1v) is 7.36. The predicted octanol–water partition coefficient (Wildman–Crippen LogP) is 4.24. The fraction of sp³-hybridized carbons (Fsp3) is 0.933. The van der Waals surface area contributed by atoms with Crippen molar-refractivity contribution in [2.75, 3.05) is 6.54 Å². The first-order valence-electron chi connectivity index (χ1n) is 7.36. The van der Waals surface area contributed by atoms with E-state index in [-0.39, 0.29) is 0 Å². The van der Waals surface area contributed by atoms with Crippen molar-refractivity contribution in [1.82, 2.24) is 4.90 Å². The minimum absolute atomic E-state index is 0.355. The number of nitrogens with zero attached hydrogens (tertiary/aromatic N) is 1. The highest BCUT2D eigenvalue weighted by Gasteiger charge is 2.21. The van der Waals surface area contributed by atoms with Crippen molar-refractivity contribution >= 4 is 5.91 Å². The first-order chi connectivity index (χ1) is 8.06. The van der Waals surface area contributed by atoms with Gasteiger partial charge in [-0.05, 0) is 25.2 Å². The summed E-state index contributed by atoms with van der Waals surface area (Å²) in [6, 6.07) is 0.456. The molecule has 0 fully saturated rings. The molecule has 0 aliphatic rings. The lowest BCUT2D eigenvalue weighted by atomic mass is 10.0. The van der Waals surface area contributed by atoms with Crippen molar-refractivity contribution in [1.29, 1.82) is 0 Å². The van der Waals surface area contributed by atoms with Crippen LogP contribution in [0, 0.1) is 5.92 Å². The Kier molecular flexibility index (Phi) is 9.20. The highest BCUT2D eigenvalue weighted by molar-refractivity contribution is 5.76. The molecule has 1 atom stereocenters. The van der Waals surface area contributed by atoms with Crippen LogP contribution in [0.1, 0.15) is 73.1 Å². The minimum Gasteiger partial charge on any atom is -0.340 e. The van der Waals surface area contributed by atoms with Crippen molar-refractivity contribution in [3.63, 3.8) is 0 Å². The Morgan fingerprint density at radius 1 is 1.12 bits per heavy atom. The quantitative estimate of drug-likeness (QED) is 0.591. The Hall–Kier alpha value is -0.530. The van der Waals surface area contributed by atoms with Crippen LogP contribution in [0.15, 0.2) is 0 Å². The van der Waals surface area contributed by atoms with Crippen LogP contribution in [-0.4, -0.2) is 23.4 Å². The highest BCUT2D eigenvalue weighted by Crippen LogP contribution is 2.15. The second kappa shape index (κ2) is 9.49. The van der Waals surface area contributed by atoms with E-state index in [4.69, 9.17) is 0 Å². The van der Waals surface area contributed by atoms with E-state index in [9.17, 15) is 4.79 Å². The Balaban J connectivity index is 4.52. The predicted molar refractivity (Wildman–Crippen MR) is 75.1 cm³/mol. The molecule has 1 amide bonds. The zero-order chi connectivity index (χ0) is 13.3. The molecule has 17 heavy (non-hydrogen) atoms. The standard InChI is InChI=1S/C15H31NO/c1-6-9-11-16(14(8-3)10-7-2)15(17)12-13(4)5/h13-14H,6-12H2,1-5H3. The summed E-state index contributed by atoms with van der Waals surface area (Å²) >= 11 is 0. The molecule has 0 spiro atoms. The highest BCUT2D eigenvalue weighted by atomic mass is 16.2. The van der Waals surface area contributed by atoms with Gasteiger partial charge in [0.05, 0.1) is 0 Å². The number of rotatable bonds is 9. The monoisotopic (exact) mass is 241 g/mol. The third-order valence-electron chi connectivity index (χ3n) is 3.19. The smallest absolute Gasteiger partial charge is 0.223 e. The summed E-state index contributed by atoms with van der Waals surface area (Å²) in [4.78, 5) is 14.4. The fourth-order valence-electron chi connectivity index (χ4n) is 2.22. The van der Waals surface area contributed by atoms with Gasteiger partial charge in [-0.1, -0.05) is 47.5 Å². The molecule has 1 unspecified atom stereocenters. The Morgan fingerprint density at radius 2 is 1.76 bits per heavy atom. The van der Waals surface area contributed by atoms with Crippen molar-refractivity contribution in [2.24, 2.45) is 5.92 Å². The lowest BCUT2D eigenvalue weighted by molar-refractivity contribution is -0.134. The summed E-state index contributed by atoms with van der Waals surface area (Å²) in [6.07, 6.45) is 6.38. The number of hydrogen-bond donors (Lipinski definition) is 0. The number of unbranched alkanes of at least 4 members (excludes halogenated alkanes) is 1. The SMILES string of the molecule is CCCCN(C(=O)CC(C)C)C(CC)CCC. The zero-order valence-corrected chi connectivity index (χ0v) is 12.5. The molecule has 0 bridgehead atoms. The lowest BCUT2D eigenvalue weighted by Gasteiger charge is -2.32. The van der Waals surface area contributed by atoms with E-state index in [2.05, 4.69) is 39.5 Å². The van der Waals surface area contributed by atoms with Gasteiger partial charge in [0, 0.05) is 19.0 Å². The van der Waals surface area contributed by atoms with Crippen LogP contribution in [0.3, 0.4) is 0 Å². The maximum Gasteiger partial charge on any atom is 0.223 e. The van der Waals surface area contributed by atoms with E-state index in [1.807, 2.05) is 0 Å². The van der Waals surface area contributed by atoms with Crippen molar-refractivity contribution < 1.29 is 4.79 Å². The summed E-state index contributed by atoms with van der Waals surface area (Å²) in [5.74, 6) is 0.819. The first kappa shape index (κ1) is 16.5. The van der Waals surface area contributed by atoms with Crippen LogP contribution in [0.2, 0.25) is 0 Å². The number of hydrogen-bond acceptors (Lipinski definition) is 1. The van der Waals surface area contributed by atoms with Crippen LogP contribution in [0.4, 0.5) is 0 Å². The Labute approximate surface area is 108 Å². The summed E-state index contributed by atoms with van der Waals surface area (Å²) in [6.45, 7) is 11.8. The van der Waals surface area contributed by atoms with Crippen LogP contribution < -0.4 is 0 Å². The third kappa shape index (κ3) is 6.70. The molecule has 0 saturated heterocycles. The third-order valence-corrected chi connectivity index (χ3v) is 3.19. The van der Waals surface area contributed by atoms with Crippen molar-refractivity contribution in [3.05, 3.63) is 0 Å². The van der Waals surface area contributed by atoms with E-state index in [0.717, 1.165) is 38.6 Å². The summed E-state index contributed by atoms with van der Waals surface area (Å²) < 4.78 is 0. The topological polar surface area (TPSA) is 20.3 Å². The second-order valence-corrected chi connectivity index (χ2v) is 5.39. The number of amides is 1. The Morgan fingerprint density at radius 3 is 2.18 bits per heavy atom. The van der Waals surface area contributed by atoms with Gasteiger partial charge >= 0.3 is 0 Å². The van der Waals surface area contributed by atoms with Gasteiger partial charge in [0.2, 0.25) is 5.91 Å². The molecular formula is C15H31NO. The average molecular weight is 241 g/mol. The minimum atomic E-state index is 0.355. The van der Waals surface area contributed by atoms with Gasteiger partial charge in [-0.25, -0.2) is 0 Å². The van der Waals surface area contributed by atoms with Gasteiger partial charge in [0.25, 0.3) is 0 Å². The lowest BCUT2D eigenvalue weighted by Crippen LogP contribution is -2.41. The molecule has 0 aromatic heterocycles. The molecule has 0 radical (unpaired) electrons. The largest absolute Gasteiger partial charge is 0.340 e. The van der Waals surface area contributed by atoms with Crippen molar-refractivity contribution in [2.45, 2.75) is 79.2 Å². The summed E-state index contributed by atoms with van der Waals surface area (Å²) in [5.41, 5.74) is 0. The van der Waals surface area contributed by atoms with Crippen LogP contribution in [0.5, 0.6) is 0 Å². The normalized spacial score (nSPS) is 12.8. The molecule has 2 heteroatoms. The van der Waals surface area contributed by atoms with E-state index < -0.39 is 0 Å². The molecular weight excluding hydrogens is 210 g/mol. The van der Waals surface area contributed by atoms with Gasteiger partial charge in [-0.2, -0.15) is 0 Å². The van der Waals surface area contributed by atoms with Crippen LogP contribution >= 0.6 is 0 Å². The molecule has 2 nitrogen and oxygen atoms in total. The van der Waals surface area contributed by atoms with Gasteiger partial charge in [0.1, 0.15) is 0 Å². The molecule has 102 valence electrons. The molecule has 0 aliphatic heterocycles. The number of carbonyl (C=O) groups is 1. The fourth-order valence-corrected chi connectivity index (χ4v) is 2.22. The molecule has 0 N–H and O–H groups in total. The Bertz CT molecular complexity index is 201. The average Bonchev–Trinajstić information content (AvgIpc) is 2.27. The summed E-state index contributed by atoms with van der Waals surface area (Å²) in [7, 11) is 0. The van der Waals surface area contributed by atoms with E-state index >= 15 is 0 Å². The van der Waals surface area contributed by atoms with E-state index in [0.29, 0.717) is 24.3 Å². The van der Waals surface area contributed by atoms with E-state index in [1.54, 1.807) is 0 Å². The molecule has 0 aromatic rings. The van der Waals surface area contributed by atoms with Gasteiger partial charge < -0.3 is 4.90 Å². The van der Waals surface area contributed by atoms with Crippen LogP contribution in [0.25, 0.3) is 0 Å². The van der Waals surface area contributed by atoms with E-state index in [1.165, 1.54) is 0 Å². The van der Waals surface area contributed by atoms with Gasteiger partial charge in [-0.15, -0.1) is 0 Å². The van der Waals surface area contributed by atoms with Gasteiger partial charge in [-0.3, -0.25) is 4.79 Å². The second-order valence-electron chi connectivity index (χ2n) is 5.39. The molecule has 0 saturated carbocycles. The number of carbonyl (C=O) groups excluding carboxylic acids is 1. The maximum absolute atomic E-state index is 12.3.